The first-order chi connectivity index (χ1) is 10.5. The fourth-order valence-electron chi connectivity index (χ4n) is 1.98. The Kier molecular flexibility index (Phi) is 5.61. The topological polar surface area (TPSA) is 38.3 Å². The van der Waals surface area contributed by atoms with Crippen molar-refractivity contribution in [3.05, 3.63) is 63.6 Å². The fourth-order valence-corrected chi connectivity index (χ4v) is 2.45. The molecule has 0 saturated heterocycles. The first-order valence-corrected chi connectivity index (χ1v) is 8.05. The van der Waals surface area contributed by atoms with E-state index in [0.29, 0.717) is 12.1 Å². The van der Waals surface area contributed by atoms with Gasteiger partial charge in [0.15, 0.2) is 0 Å². The summed E-state index contributed by atoms with van der Waals surface area (Å²) in [5.74, 6) is 0.641. The molecule has 116 valence electrons. The maximum Gasteiger partial charge on any atom is 0.251 e. The van der Waals surface area contributed by atoms with Crippen LogP contribution in [0.1, 0.15) is 35.3 Å². The van der Waals surface area contributed by atoms with Gasteiger partial charge in [0, 0.05) is 12.1 Å². The quantitative estimate of drug-likeness (QED) is 0.852. The third-order valence-electron chi connectivity index (χ3n) is 3.13. The Morgan fingerprint density at radius 1 is 1.18 bits per heavy atom. The van der Waals surface area contributed by atoms with Crippen molar-refractivity contribution in [2.45, 2.75) is 33.4 Å². The minimum atomic E-state index is -0.0997. The van der Waals surface area contributed by atoms with Gasteiger partial charge in [-0.3, -0.25) is 4.79 Å². The molecule has 0 saturated carbocycles. The number of hydrogen-bond donors (Lipinski definition) is 1. The lowest BCUT2D eigenvalue weighted by molar-refractivity contribution is 0.0951. The van der Waals surface area contributed by atoms with E-state index >= 15 is 0 Å². The average molecular weight is 362 g/mol. The summed E-state index contributed by atoms with van der Waals surface area (Å²) in [6.07, 6.45) is 0.0949. The number of ether oxygens (including phenoxy) is 1. The molecule has 0 radical (unpaired) electrons. The van der Waals surface area contributed by atoms with Crippen LogP contribution in [0.5, 0.6) is 5.75 Å². The molecule has 4 heteroatoms. The summed E-state index contributed by atoms with van der Waals surface area (Å²) in [5.41, 5.74) is 2.90. The number of rotatable bonds is 5. The normalized spacial score (nSPS) is 10.6. The molecule has 0 aliphatic carbocycles. The van der Waals surface area contributed by atoms with Crippen LogP contribution in [0.2, 0.25) is 0 Å². The van der Waals surface area contributed by atoms with Gasteiger partial charge in [-0.1, -0.05) is 29.8 Å². The third-order valence-corrected chi connectivity index (χ3v) is 3.75. The van der Waals surface area contributed by atoms with E-state index in [1.54, 1.807) is 12.1 Å². The Hall–Kier alpha value is -1.81. The molecule has 2 aromatic carbocycles. The molecule has 0 spiro atoms. The molecular formula is C18H20BrNO2. The maximum absolute atomic E-state index is 12.2. The van der Waals surface area contributed by atoms with E-state index in [9.17, 15) is 4.79 Å². The lowest BCUT2D eigenvalue weighted by Gasteiger charge is -2.12. The van der Waals surface area contributed by atoms with Crippen LogP contribution in [-0.4, -0.2) is 12.0 Å². The van der Waals surface area contributed by atoms with Crippen LogP contribution in [0, 0.1) is 6.92 Å². The third kappa shape index (κ3) is 4.60. The second-order valence-corrected chi connectivity index (χ2v) is 6.33. The van der Waals surface area contributed by atoms with Crippen molar-refractivity contribution in [1.29, 1.82) is 0 Å². The standard InChI is InChI=1S/C18H20BrNO2/c1-12(2)22-17-9-8-15(10-16(17)19)18(21)20-11-14-6-4-13(3)5-7-14/h4-10,12H,11H2,1-3H3,(H,20,21). The Labute approximate surface area is 139 Å². The number of nitrogens with one attached hydrogen (secondary N) is 1. The summed E-state index contributed by atoms with van der Waals surface area (Å²) < 4.78 is 6.42. The van der Waals surface area contributed by atoms with Crippen molar-refractivity contribution in [2.24, 2.45) is 0 Å². The highest BCUT2D eigenvalue weighted by Crippen LogP contribution is 2.26. The summed E-state index contributed by atoms with van der Waals surface area (Å²) in [5, 5.41) is 2.92. The molecule has 0 unspecified atom stereocenters. The summed E-state index contributed by atoms with van der Waals surface area (Å²) in [4.78, 5) is 12.2. The van der Waals surface area contributed by atoms with Crippen LogP contribution in [-0.2, 0) is 6.54 Å². The van der Waals surface area contributed by atoms with Crippen LogP contribution in [0.3, 0.4) is 0 Å². The predicted molar refractivity (Wildman–Crippen MR) is 92.3 cm³/mol. The number of hydrogen-bond acceptors (Lipinski definition) is 2. The van der Waals surface area contributed by atoms with Gasteiger partial charge >= 0.3 is 0 Å². The van der Waals surface area contributed by atoms with Gasteiger partial charge in [0.05, 0.1) is 10.6 Å². The molecule has 0 bridgehead atoms. The van der Waals surface area contributed by atoms with Gasteiger partial charge < -0.3 is 10.1 Å². The molecule has 3 nitrogen and oxygen atoms in total. The van der Waals surface area contributed by atoms with Gasteiger partial charge in [-0.25, -0.2) is 0 Å². The first kappa shape index (κ1) is 16.6. The molecule has 0 atom stereocenters. The van der Waals surface area contributed by atoms with E-state index in [-0.39, 0.29) is 12.0 Å². The van der Waals surface area contributed by atoms with Crippen molar-refractivity contribution in [2.75, 3.05) is 0 Å². The molecule has 0 aliphatic rings. The van der Waals surface area contributed by atoms with Gasteiger partial charge in [0.25, 0.3) is 5.91 Å². The Morgan fingerprint density at radius 3 is 2.45 bits per heavy atom. The number of aryl methyl sites for hydroxylation is 1. The van der Waals surface area contributed by atoms with E-state index in [1.807, 2.05) is 51.1 Å². The van der Waals surface area contributed by atoms with E-state index in [1.165, 1.54) is 5.56 Å². The number of carbonyl (C=O) groups is 1. The monoisotopic (exact) mass is 361 g/mol. The van der Waals surface area contributed by atoms with Crippen molar-refractivity contribution in [3.8, 4) is 5.75 Å². The lowest BCUT2D eigenvalue weighted by Crippen LogP contribution is -2.22. The molecule has 0 fully saturated rings. The Bertz CT molecular complexity index is 651. The average Bonchev–Trinajstić information content (AvgIpc) is 2.48. The zero-order valence-electron chi connectivity index (χ0n) is 13.0. The second-order valence-electron chi connectivity index (χ2n) is 5.48. The minimum absolute atomic E-state index is 0.0949. The van der Waals surface area contributed by atoms with Gasteiger partial charge in [-0.15, -0.1) is 0 Å². The SMILES string of the molecule is Cc1ccc(CNC(=O)c2ccc(OC(C)C)c(Br)c2)cc1. The van der Waals surface area contributed by atoms with Crippen LogP contribution < -0.4 is 10.1 Å². The Balaban J connectivity index is 2.00. The zero-order chi connectivity index (χ0) is 16.1. The first-order valence-electron chi connectivity index (χ1n) is 7.25. The number of amides is 1. The number of halogens is 1. The van der Waals surface area contributed by atoms with Crippen LogP contribution in [0.25, 0.3) is 0 Å². The molecule has 2 aromatic rings. The molecule has 0 aliphatic heterocycles. The molecule has 22 heavy (non-hydrogen) atoms. The van der Waals surface area contributed by atoms with Gasteiger partial charge in [-0.2, -0.15) is 0 Å². The summed E-state index contributed by atoms with van der Waals surface area (Å²) in [6, 6.07) is 13.5. The second kappa shape index (κ2) is 7.45. The molecule has 0 heterocycles. The van der Waals surface area contributed by atoms with Gasteiger partial charge in [-0.05, 0) is 60.5 Å². The summed E-state index contributed by atoms with van der Waals surface area (Å²) >= 11 is 3.44. The minimum Gasteiger partial charge on any atom is -0.490 e. The fraction of sp³-hybridized carbons (Fsp3) is 0.278. The van der Waals surface area contributed by atoms with Crippen LogP contribution >= 0.6 is 15.9 Å². The van der Waals surface area contributed by atoms with E-state index in [2.05, 4.69) is 21.2 Å². The molecule has 2 rings (SSSR count). The van der Waals surface area contributed by atoms with E-state index in [4.69, 9.17) is 4.74 Å². The summed E-state index contributed by atoms with van der Waals surface area (Å²) in [7, 11) is 0. The lowest BCUT2D eigenvalue weighted by atomic mass is 10.1. The van der Waals surface area contributed by atoms with Crippen molar-refractivity contribution >= 4 is 21.8 Å². The smallest absolute Gasteiger partial charge is 0.251 e. The number of carbonyl (C=O) groups excluding carboxylic acids is 1. The largest absolute Gasteiger partial charge is 0.490 e. The Morgan fingerprint density at radius 2 is 1.86 bits per heavy atom. The number of benzene rings is 2. The van der Waals surface area contributed by atoms with E-state index in [0.717, 1.165) is 15.8 Å². The van der Waals surface area contributed by atoms with Gasteiger partial charge in [0.1, 0.15) is 5.75 Å². The van der Waals surface area contributed by atoms with Crippen molar-refractivity contribution in [1.82, 2.24) is 5.32 Å². The van der Waals surface area contributed by atoms with Crippen LogP contribution in [0.15, 0.2) is 46.9 Å². The van der Waals surface area contributed by atoms with Crippen molar-refractivity contribution < 1.29 is 9.53 Å². The zero-order valence-corrected chi connectivity index (χ0v) is 14.6. The predicted octanol–water partition coefficient (Wildman–Crippen LogP) is 4.47. The highest BCUT2D eigenvalue weighted by atomic mass is 79.9. The summed E-state index contributed by atoms with van der Waals surface area (Å²) in [6.45, 7) is 6.49. The molecule has 1 N–H and O–H groups in total. The van der Waals surface area contributed by atoms with Gasteiger partial charge in [0.2, 0.25) is 0 Å². The maximum atomic E-state index is 12.2. The molecular weight excluding hydrogens is 342 g/mol. The van der Waals surface area contributed by atoms with Crippen molar-refractivity contribution in [3.63, 3.8) is 0 Å². The highest BCUT2D eigenvalue weighted by Gasteiger charge is 2.10. The van der Waals surface area contributed by atoms with Crippen LogP contribution in [0.4, 0.5) is 0 Å². The molecule has 1 amide bonds. The molecule has 0 aromatic heterocycles. The highest BCUT2D eigenvalue weighted by molar-refractivity contribution is 9.10. The van der Waals surface area contributed by atoms with E-state index < -0.39 is 0 Å².